The first kappa shape index (κ1) is 12.4. The molecule has 7 heteroatoms. The molecule has 0 spiro atoms. The lowest BCUT2D eigenvalue weighted by atomic mass is 10.2. The average Bonchev–Trinajstić information content (AvgIpc) is 2.29. The molecular weight excluding hydrogens is 248 g/mol. The highest BCUT2D eigenvalue weighted by molar-refractivity contribution is 7.98. The van der Waals surface area contributed by atoms with Crippen LogP contribution < -0.4 is 17.2 Å². The van der Waals surface area contributed by atoms with Crippen LogP contribution in [0.5, 0.6) is 0 Å². The SMILES string of the molecule is Cc1ccc(N)c(SCc2nc(N)nc(N)n2)c1. The van der Waals surface area contributed by atoms with Gasteiger partial charge in [0.05, 0.1) is 5.75 Å². The molecule has 6 nitrogen and oxygen atoms in total. The fourth-order valence-electron chi connectivity index (χ4n) is 1.43. The molecular formula is C11H14N6S. The lowest BCUT2D eigenvalue weighted by Gasteiger charge is -2.06. The summed E-state index contributed by atoms with van der Waals surface area (Å²) in [5.41, 5.74) is 18.8. The van der Waals surface area contributed by atoms with Gasteiger partial charge >= 0.3 is 0 Å². The summed E-state index contributed by atoms with van der Waals surface area (Å²) in [5, 5.41) is 0. The second kappa shape index (κ2) is 5.09. The van der Waals surface area contributed by atoms with Crippen LogP contribution in [0.3, 0.4) is 0 Å². The highest BCUT2D eigenvalue weighted by atomic mass is 32.2. The predicted octanol–water partition coefficient (Wildman–Crippen LogP) is 1.22. The molecule has 1 heterocycles. The van der Waals surface area contributed by atoms with Crippen LogP contribution in [0.1, 0.15) is 11.4 Å². The number of thioether (sulfide) groups is 1. The molecule has 0 bridgehead atoms. The fraction of sp³-hybridized carbons (Fsp3) is 0.182. The molecule has 0 saturated heterocycles. The van der Waals surface area contributed by atoms with Crippen molar-refractivity contribution in [1.29, 1.82) is 0 Å². The van der Waals surface area contributed by atoms with Crippen LogP contribution in [0.2, 0.25) is 0 Å². The van der Waals surface area contributed by atoms with Crippen LogP contribution in [0.15, 0.2) is 23.1 Å². The van der Waals surface area contributed by atoms with E-state index in [2.05, 4.69) is 15.0 Å². The Morgan fingerprint density at radius 2 is 1.72 bits per heavy atom. The highest BCUT2D eigenvalue weighted by Gasteiger charge is 2.05. The van der Waals surface area contributed by atoms with E-state index in [0.29, 0.717) is 11.6 Å². The van der Waals surface area contributed by atoms with Gasteiger partial charge in [0.25, 0.3) is 0 Å². The monoisotopic (exact) mass is 262 g/mol. The molecule has 1 aromatic carbocycles. The van der Waals surface area contributed by atoms with E-state index in [1.54, 1.807) is 11.8 Å². The first-order valence-corrected chi connectivity index (χ1v) is 6.28. The van der Waals surface area contributed by atoms with E-state index in [1.165, 1.54) is 0 Å². The molecule has 0 atom stereocenters. The second-order valence-corrected chi connectivity index (χ2v) is 4.82. The standard InChI is InChI=1S/C11H14N6S/c1-6-2-3-7(12)8(4-6)18-5-9-15-10(13)17-11(14)16-9/h2-4H,5,12H2,1H3,(H4,13,14,15,16,17). The van der Waals surface area contributed by atoms with Crippen molar-refractivity contribution in [3.05, 3.63) is 29.6 Å². The minimum atomic E-state index is 0.135. The van der Waals surface area contributed by atoms with Crippen molar-refractivity contribution >= 4 is 29.3 Å². The Morgan fingerprint density at radius 3 is 2.39 bits per heavy atom. The molecule has 0 aliphatic carbocycles. The highest BCUT2D eigenvalue weighted by Crippen LogP contribution is 2.28. The van der Waals surface area contributed by atoms with E-state index in [9.17, 15) is 0 Å². The number of hydrogen-bond acceptors (Lipinski definition) is 7. The van der Waals surface area contributed by atoms with E-state index in [4.69, 9.17) is 17.2 Å². The van der Waals surface area contributed by atoms with Gasteiger partial charge in [0.1, 0.15) is 5.82 Å². The number of rotatable bonds is 3. The number of nitrogens with zero attached hydrogens (tertiary/aromatic N) is 3. The molecule has 0 saturated carbocycles. The Hall–Kier alpha value is -2.02. The molecule has 0 unspecified atom stereocenters. The fourth-order valence-corrected chi connectivity index (χ4v) is 2.35. The van der Waals surface area contributed by atoms with Crippen molar-refractivity contribution in [2.75, 3.05) is 17.2 Å². The van der Waals surface area contributed by atoms with Gasteiger partial charge in [-0.25, -0.2) is 0 Å². The number of nitrogens with two attached hydrogens (primary N) is 3. The number of aryl methyl sites for hydroxylation is 1. The number of benzene rings is 1. The first-order chi connectivity index (χ1) is 8.54. The molecule has 0 amide bonds. The summed E-state index contributed by atoms with van der Waals surface area (Å²) < 4.78 is 0. The maximum Gasteiger partial charge on any atom is 0.225 e. The minimum absolute atomic E-state index is 0.135. The second-order valence-electron chi connectivity index (χ2n) is 3.80. The molecule has 0 fully saturated rings. The van der Waals surface area contributed by atoms with Crippen molar-refractivity contribution in [2.24, 2.45) is 0 Å². The minimum Gasteiger partial charge on any atom is -0.398 e. The largest absolute Gasteiger partial charge is 0.398 e. The molecule has 94 valence electrons. The van der Waals surface area contributed by atoms with Crippen molar-refractivity contribution in [2.45, 2.75) is 17.6 Å². The van der Waals surface area contributed by atoms with Crippen molar-refractivity contribution in [3.8, 4) is 0 Å². The zero-order valence-electron chi connectivity index (χ0n) is 9.92. The average molecular weight is 262 g/mol. The lowest BCUT2D eigenvalue weighted by Crippen LogP contribution is -2.06. The predicted molar refractivity (Wildman–Crippen MR) is 73.8 cm³/mol. The molecule has 0 radical (unpaired) electrons. The van der Waals surface area contributed by atoms with E-state index in [-0.39, 0.29) is 11.9 Å². The number of aromatic nitrogens is 3. The molecule has 0 aliphatic rings. The van der Waals surface area contributed by atoms with Crippen LogP contribution in [0, 0.1) is 6.92 Å². The van der Waals surface area contributed by atoms with Crippen LogP contribution in [-0.2, 0) is 5.75 Å². The molecule has 2 aromatic rings. The Kier molecular flexibility index (Phi) is 3.52. The Labute approximate surface area is 109 Å². The third-order valence-corrected chi connectivity index (χ3v) is 3.31. The maximum atomic E-state index is 5.89. The Bertz CT molecular complexity index is 551. The van der Waals surface area contributed by atoms with Gasteiger partial charge in [-0.3, -0.25) is 0 Å². The van der Waals surface area contributed by atoms with E-state index in [0.717, 1.165) is 16.1 Å². The van der Waals surface area contributed by atoms with Gasteiger partial charge in [-0.15, -0.1) is 11.8 Å². The topological polar surface area (TPSA) is 117 Å². The summed E-state index contributed by atoms with van der Waals surface area (Å²) in [6.07, 6.45) is 0. The van der Waals surface area contributed by atoms with Gasteiger partial charge in [-0.1, -0.05) is 6.07 Å². The van der Waals surface area contributed by atoms with Crippen molar-refractivity contribution in [1.82, 2.24) is 15.0 Å². The van der Waals surface area contributed by atoms with Crippen LogP contribution in [0.25, 0.3) is 0 Å². The number of anilines is 3. The van der Waals surface area contributed by atoms with Gasteiger partial charge in [0.2, 0.25) is 11.9 Å². The van der Waals surface area contributed by atoms with E-state index >= 15 is 0 Å². The van der Waals surface area contributed by atoms with Crippen LogP contribution >= 0.6 is 11.8 Å². The third kappa shape index (κ3) is 3.01. The summed E-state index contributed by atoms with van der Waals surface area (Å²) in [6, 6.07) is 5.88. The molecule has 0 aliphatic heterocycles. The molecule has 6 N–H and O–H groups in total. The summed E-state index contributed by atoms with van der Waals surface area (Å²) in [5.74, 6) is 1.36. The van der Waals surface area contributed by atoms with E-state index in [1.807, 2.05) is 25.1 Å². The summed E-state index contributed by atoms with van der Waals surface area (Å²) in [6.45, 7) is 2.02. The van der Waals surface area contributed by atoms with Gasteiger partial charge in [-0.05, 0) is 24.6 Å². The molecule has 1 aromatic heterocycles. The summed E-state index contributed by atoms with van der Waals surface area (Å²) in [7, 11) is 0. The van der Waals surface area contributed by atoms with Gasteiger partial charge in [0, 0.05) is 10.6 Å². The maximum absolute atomic E-state index is 5.89. The van der Waals surface area contributed by atoms with E-state index < -0.39 is 0 Å². The smallest absolute Gasteiger partial charge is 0.225 e. The van der Waals surface area contributed by atoms with Crippen LogP contribution in [0.4, 0.5) is 17.6 Å². The lowest BCUT2D eigenvalue weighted by molar-refractivity contribution is 0.988. The molecule has 2 rings (SSSR count). The summed E-state index contributed by atoms with van der Waals surface area (Å²) in [4.78, 5) is 12.7. The Balaban J connectivity index is 2.13. The molecule has 18 heavy (non-hydrogen) atoms. The number of nitrogen functional groups attached to an aromatic ring is 3. The number of hydrogen-bond donors (Lipinski definition) is 3. The van der Waals surface area contributed by atoms with Crippen LogP contribution in [-0.4, -0.2) is 15.0 Å². The van der Waals surface area contributed by atoms with Gasteiger partial charge in [-0.2, -0.15) is 15.0 Å². The first-order valence-electron chi connectivity index (χ1n) is 5.29. The summed E-state index contributed by atoms with van der Waals surface area (Å²) >= 11 is 1.54. The van der Waals surface area contributed by atoms with Gasteiger partial charge < -0.3 is 17.2 Å². The Morgan fingerprint density at radius 1 is 1.06 bits per heavy atom. The van der Waals surface area contributed by atoms with Crippen molar-refractivity contribution < 1.29 is 0 Å². The third-order valence-electron chi connectivity index (χ3n) is 2.24. The zero-order chi connectivity index (χ0) is 13.1. The normalized spacial score (nSPS) is 10.5. The van der Waals surface area contributed by atoms with Crippen molar-refractivity contribution in [3.63, 3.8) is 0 Å². The quantitative estimate of drug-likeness (QED) is 0.562. The van der Waals surface area contributed by atoms with Gasteiger partial charge in [0.15, 0.2) is 0 Å². The zero-order valence-corrected chi connectivity index (χ0v) is 10.7.